The third kappa shape index (κ3) is 2.86. The van der Waals surface area contributed by atoms with Gasteiger partial charge in [-0.25, -0.2) is 9.97 Å². The molecular weight excluding hydrogens is 380 g/mol. The summed E-state index contributed by atoms with van der Waals surface area (Å²) in [5.74, 6) is 0.387. The second-order valence-corrected chi connectivity index (χ2v) is 7.02. The van der Waals surface area contributed by atoms with Crippen molar-refractivity contribution in [2.45, 2.75) is 13.8 Å². The van der Waals surface area contributed by atoms with Gasteiger partial charge in [0, 0.05) is 22.8 Å². The van der Waals surface area contributed by atoms with E-state index in [1.54, 1.807) is 17.5 Å². The largest absolute Gasteiger partial charge is 0.307 e. The van der Waals surface area contributed by atoms with E-state index in [0.717, 1.165) is 22.2 Å². The monoisotopic (exact) mass is 396 g/mol. The Labute approximate surface area is 171 Å². The van der Waals surface area contributed by atoms with Crippen molar-refractivity contribution in [2.75, 3.05) is 0 Å². The van der Waals surface area contributed by atoms with E-state index in [9.17, 15) is 10.1 Å². The van der Waals surface area contributed by atoms with Crippen molar-refractivity contribution in [1.82, 2.24) is 24.3 Å². The maximum atomic E-state index is 11.5. The zero-order valence-corrected chi connectivity index (χ0v) is 16.3. The molecule has 30 heavy (non-hydrogen) atoms. The molecule has 0 radical (unpaired) electrons. The smallest absolute Gasteiger partial charge is 0.276 e. The van der Waals surface area contributed by atoms with Crippen LogP contribution in [0.2, 0.25) is 0 Å². The van der Waals surface area contributed by atoms with Crippen LogP contribution < -0.4 is 0 Å². The number of imidazole rings is 1. The van der Waals surface area contributed by atoms with Gasteiger partial charge in [-0.2, -0.15) is 0 Å². The molecule has 0 aliphatic carbocycles. The van der Waals surface area contributed by atoms with Crippen molar-refractivity contribution >= 4 is 22.4 Å². The van der Waals surface area contributed by atoms with E-state index in [-0.39, 0.29) is 5.69 Å². The molecule has 0 amide bonds. The number of pyridine rings is 2. The molecule has 0 unspecified atom stereocenters. The molecule has 0 spiro atoms. The zero-order valence-electron chi connectivity index (χ0n) is 16.3. The van der Waals surface area contributed by atoms with Crippen molar-refractivity contribution in [3.8, 4) is 22.6 Å². The van der Waals surface area contributed by atoms with Gasteiger partial charge < -0.3 is 0 Å². The van der Waals surface area contributed by atoms with E-state index >= 15 is 0 Å². The Morgan fingerprint density at radius 1 is 1.00 bits per heavy atom. The van der Waals surface area contributed by atoms with Gasteiger partial charge in [0.2, 0.25) is 5.78 Å². The Hall–Kier alpha value is -4.20. The lowest BCUT2D eigenvalue weighted by atomic mass is 10.0. The van der Waals surface area contributed by atoms with E-state index in [1.165, 1.54) is 6.20 Å². The number of rotatable bonds is 3. The molecule has 0 saturated heterocycles. The van der Waals surface area contributed by atoms with Crippen LogP contribution in [0, 0.1) is 24.0 Å². The maximum absolute atomic E-state index is 11.5. The van der Waals surface area contributed by atoms with Gasteiger partial charge in [-0.05, 0) is 44.2 Å². The number of hydrogen-bond acceptors (Lipinski definition) is 6. The number of benzene rings is 1. The second kappa shape index (κ2) is 6.70. The first-order valence-electron chi connectivity index (χ1n) is 9.34. The molecule has 146 valence electrons. The number of nitrogens with zero attached hydrogens (tertiary/aromatic N) is 6. The Balaban J connectivity index is 1.87. The van der Waals surface area contributed by atoms with Gasteiger partial charge in [-0.1, -0.05) is 18.2 Å². The molecule has 1 aromatic carbocycles. The van der Waals surface area contributed by atoms with Crippen LogP contribution in [-0.4, -0.2) is 29.3 Å². The third-order valence-electron chi connectivity index (χ3n) is 4.99. The molecule has 0 aliphatic heterocycles. The molecule has 8 heteroatoms. The predicted octanol–water partition coefficient (Wildman–Crippen LogP) is 4.53. The molecule has 0 fully saturated rings. The summed E-state index contributed by atoms with van der Waals surface area (Å²) in [5.41, 5.74) is 4.82. The first kappa shape index (κ1) is 17.9. The highest BCUT2D eigenvalue weighted by Crippen LogP contribution is 2.34. The molecule has 5 rings (SSSR count). The summed E-state index contributed by atoms with van der Waals surface area (Å²) >= 11 is 0. The molecular formula is C22H16N6O2. The highest BCUT2D eigenvalue weighted by Gasteiger charge is 2.22. The van der Waals surface area contributed by atoms with Crippen LogP contribution in [0.1, 0.15) is 11.4 Å². The van der Waals surface area contributed by atoms with Crippen LogP contribution >= 0.6 is 0 Å². The second-order valence-electron chi connectivity index (χ2n) is 7.02. The minimum atomic E-state index is -0.430. The van der Waals surface area contributed by atoms with Gasteiger partial charge in [0.1, 0.15) is 11.4 Å². The van der Waals surface area contributed by atoms with Gasteiger partial charge >= 0.3 is 5.69 Å². The highest BCUT2D eigenvalue weighted by molar-refractivity contribution is 5.88. The quantitative estimate of drug-likeness (QED) is 0.328. The average molecular weight is 396 g/mol. The zero-order chi connectivity index (χ0) is 20.8. The van der Waals surface area contributed by atoms with Gasteiger partial charge in [0.15, 0.2) is 0 Å². The Morgan fingerprint density at radius 2 is 1.87 bits per heavy atom. The lowest BCUT2D eigenvalue weighted by molar-refractivity contribution is -0.386. The molecule has 0 saturated carbocycles. The van der Waals surface area contributed by atoms with Crippen LogP contribution in [0.3, 0.4) is 0 Å². The predicted molar refractivity (Wildman–Crippen MR) is 113 cm³/mol. The number of aromatic nitrogens is 5. The summed E-state index contributed by atoms with van der Waals surface area (Å²) in [6, 6.07) is 15.4. The Morgan fingerprint density at radius 3 is 2.67 bits per heavy atom. The van der Waals surface area contributed by atoms with Gasteiger partial charge in [0.05, 0.1) is 28.0 Å². The molecule has 0 aliphatic rings. The average Bonchev–Trinajstić information content (AvgIpc) is 3.11. The van der Waals surface area contributed by atoms with Gasteiger partial charge in [0.25, 0.3) is 0 Å². The Kier molecular flexibility index (Phi) is 3.99. The first-order chi connectivity index (χ1) is 14.5. The normalized spacial score (nSPS) is 11.3. The summed E-state index contributed by atoms with van der Waals surface area (Å²) in [5, 5.41) is 12.5. The van der Waals surface area contributed by atoms with Crippen LogP contribution in [0.4, 0.5) is 5.69 Å². The summed E-state index contributed by atoms with van der Waals surface area (Å²) < 4.78 is 1.67. The number of fused-ring (bicyclic) bond motifs is 2. The van der Waals surface area contributed by atoms with Crippen molar-refractivity contribution in [1.29, 1.82) is 0 Å². The van der Waals surface area contributed by atoms with Crippen molar-refractivity contribution in [3.05, 3.63) is 82.4 Å². The minimum absolute atomic E-state index is 0.0626. The number of aryl methyl sites for hydroxylation is 2. The number of hydrogen-bond donors (Lipinski definition) is 0. The first-order valence-corrected chi connectivity index (χ1v) is 9.34. The van der Waals surface area contributed by atoms with Crippen molar-refractivity contribution in [2.24, 2.45) is 0 Å². The van der Waals surface area contributed by atoms with Crippen LogP contribution in [0.5, 0.6) is 0 Å². The minimum Gasteiger partial charge on any atom is -0.276 e. The third-order valence-corrected chi connectivity index (χ3v) is 4.99. The van der Waals surface area contributed by atoms with E-state index in [2.05, 4.69) is 15.0 Å². The lowest BCUT2D eigenvalue weighted by Gasteiger charge is -2.07. The standard InChI is InChI=1S/C22H16N6O2/c1-13-5-3-7-18(24-13)20-21(16-8-9-17-15(11-16)6-4-10-23-17)27-12-19(28(29)30)14(2)25-22(27)26-20/h3-12H,1-2H3. The fourth-order valence-electron chi connectivity index (χ4n) is 3.58. The van der Waals surface area contributed by atoms with Gasteiger partial charge in [-0.3, -0.25) is 24.5 Å². The summed E-state index contributed by atoms with van der Waals surface area (Å²) in [7, 11) is 0. The fraction of sp³-hybridized carbons (Fsp3) is 0.0909. The molecule has 8 nitrogen and oxygen atoms in total. The number of nitro groups is 1. The molecule has 5 aromatic rings. The van der Waals surface area contributed by atoms with Crippen molar-refractivity contribution < 1.29 is 4.92 Å². The molecule has 0 atom stereocenters. The SMILES string of the molecule is Cc1cccc(-c2nc3nc(C)c([N+](=O)[O-])cn3c2-c2ccc3ncccc3c2)n1. The van der Waals surface area contributed by atoms with Gasteiger partial charge in [-0.15, -0.1) is 0 Å². The topological polar surface area (TPSA) is 99.1 Å². The maximum Gasteiger partial charge on any atom is 0.307 e. The summed E-state index contributed by atoms with van der Waals surface area (Å²) in [6.07, 6.45) is 3.22. The van der Waals surface area contributed by atoms with Crippen LogP contribution in [0.15, 0.2) is 60.9 Å². The van der Waals surface area contributed by atoms with E-state index < -0.39 is 4.92 Å². The van der Waals surface area contributed by atoms with E-state index in [0.29, 0.717) is 28.6 Å². The molecule has 0 N–H and O–H groups in total. The molecule has 4 aromatic heterocycles. The molecule has 0 bridgehead atoms. The Bertz CT molecular complexity index is 1460. The van der Waals surface area contributed by atoms with Crippen LogP contribution in [-0.2, 0) is 0 Å². The van der Waals surface area contributed by atoms with E-state index in [1.807, 2.05) is 55.5 Å². The summed E-state index contributed by atoms with van der Waals surface area (Å²) in [6.45, 7) is 3.52. The molecule has 4 heterocycles. The summed E-state index contributed by atoms with van der Waals surface area (Å²) in [4.78, 5) is 29.2. The fourth-order valence-corrected chi connectivity index (χ4v) is 3.58. The van der Waals surface area contributed by atoms with E-state index in [4.69, 9.17) is 4.98 Å². The van der Waals surface area contributed by atoms with Crippen LogP contribution in [0.25, 0.3) is 39.3 Å². The van der Waals surface area contributed by atoms with Crippen molar-refractivity contribution in [3.63, 3.8) is 0 Å². The highest BCUT2D eigenvalue weighted by atomic mass is 16.6. The lowest BCUT2D eigenvalue weighted by Crippen LogP contribution is -2.00.